The molecule has 0 amide bonds. The van der Waals surface area contributed by atoms with Crippen LogP contribution in [0.2, 0.25) is 0 Å². The molecule has 0 saturated heterocycles. The lowest BCUT2D eigenvalue weighted by Gasteiger charge is -2.05. The summed E-state index contributed by atoms with van der Waals surface area (Å²) >= 11 is 0. The van der Waals surface area contributed by atoms with Crippen molar-refractivity contribution in [3.05, 3.63) is 45.6 Å². The summed E-state index contributed by atoms with van der Waals surface area (Å²) in [6.45, 7) is 2.57. The topological polar surface area (TPSA) is 103 Å². The number of hydrogen-bond acceptors (Lipinski definition) is 7. The number of aromatic nitrogens is 2. The molecule has 8 heteroatoms. The number of ether oxygens (including phenoxy) is 1. The van der Waals surface area contributed by atoms with Gasteiger partial charge in [0.1, 0.15) is 5.75 Å². The van der Waals surface area contributed by atoms with E-state index in [9.17, 15) is 10.1 Å². The molecule has 1 heterocycles. The molecule has 1 aromatic carbocycles. The van der Waals surface area contributed by atoms with Gasteiger partial charge in [0.15, 0.2) is 5.82 Å². The van der Waals surface area contributed by atoms with Crippen molar-refractivity contribution < 1.29 is 14.2 Å². The van der Waals surface area contributed by atoms with Crippen LogP contribution in [0.1, 0.15) is 17.3 Å². The summed E-state index contributed by atoms with van der Waals surface area (Å²) in [6.07, 6.45) is 0. The van der Waals surface area contributed by atoms with E-state index >= 15 is 0 Å². The van der Waals surface area contributed by atoms with Crippen LogP contribution in [0.15, 0.2) is 22.7 Å². The van der Waals surface area contributed by atoms with Crippen molar-refractivity contribution >= 4 is 5.69 Å². The molecule has 1 N–H and O–H groups in total. The van der Waals surface area contributed by atoms with Crippen molar-refractivity contribution in [1.29, 1.82) is 0 Å². The third kappa shape index (κ3) is 3.51. The lowest BCUT2D eigenvalue weighted by molar-refractivity contribution is -0.385. The number of methoxy groups -OCH3 is 1. The number of nitrogens with zero attached hydrogens (tertiary/aromatic N) is 3. The molecule has 0 atom stereocenters. The Labute approximate surface area is 114 Å². The van der Waals surface area contributed by atoms with Gasteiger partial charge in [0.25, 0.3) is 5.69 Å². The van der Waals surface area contributed by atoms with E-state index in [1.807, 2.05) is 0 Å². The van der Waals surface area contributed by atoms with Gasteiger partial charge in [-0.15, -0.1) is 0 Å². The Hall–Kier alpha value is -2.48. The summed E-state index contributed by atoms with van der Waals surface area (Å²) in [5.41, 5.74) is 0.743. The van der Waals surface area contributed by atoms with E-state index in [0.29, 0.717) is 30.6 Å². The number of hydrogen-bond donors (Lipinski definition) is 1. The highest BCUT2D eigenvalue weighted by Gasteiger charge is 2.10. The predicted octanol–water partition coefficient (Wildman–Crippen LogP) is 1.58. The molecular formula is C12H14N4O4. The fourth-order valence-corrected chi connectivity index (χ4v) is 1.70. The second-order valence-corrected chi connectivity index (χ2v) is 4.13. The summed E-state index contributed by atoms with van der Waals surface area (Å²) in [7, 11) is 1.47. The maximum atomic E-state index is 10.8. The van der Waals surface area contributed by atoms with Gasteiger partial charge in [-0.25, -0.2) is 0 Å². The normalized spacial score (nSPS) is 10.5. The monoisotopic (exact) mass is 278 g/mol. The number of nitro groups is 1. The molecule has 2 aromatic rings. The smallest absolute Gasteiger partial charge is 0.273 e. The van der Waals surface area contributed by atoms with Gasteiger partial charge in [-0.05, 0) is 11.6 Å². The number of rotatable bonds is 6. The first-order valence-corrected chi connectivity index (χ1v) is 5.90. The summed E-state index contributed by atoms with van der Waals surface area (Å²) in [5, 5.41) is 17.6. The molecule has 0 radical (unpaired) electrons. The van der Waals surface area contributed by atoms with Crippen LogP contribution in [-0.4, -0.2) is 22.2 Å². The number of aryl methyl sites for hydroxylation is 1. The van der Waals surface area contributed by atoms with Crippen LogP contribution >= 0.6 is 0 Å². The Kier molecular flexibility index (Phi) is 4.26. The lowest BCUT2D eigenvalue weighted by Crippen LogP contribution is -2.14. The molecule has 0 aliphatic heterocycles. The first-order chi connectivity index (χ1) is 9.58. The van der Waals surface area contributed by atoms with E-state index in [-0.39, 0.29) is 5.69 Å². The second kappa shape index (κ2) is 6.11. The summed E-state index contributed by atoms with van der Waals surface area (Å²) < 4.78 is 9.89. The Morgan fingerprint density at radius 1 is 1.40 bits per heavy atom. The van der Waals surface area contributed by atoms with Gasteiger partial charge >= 0.3 is 0 Å². The molecule has 0 bridgehead atoms. The van der Waals surface area contributed by atoms with Gasteiger partial charge in [-0.1, -0.05) is 5.16 Å². The van der Waals surface area contributed by atoms with Crippen LogP contribution in [0.4, 0.5) is 5.69 Å². The van der Waals surface area contributed by atoms with Gasteiger partial charge in [-0.3, -0.25) is 10.1 Å². The fraction of sp³-hybridized carbons (Fsp3) is 0.333. The van der Waals surface area contributed by atoms with Gasteiger partial charge in [0.05, 0.1) is 24.6 Å². The van der Waals surface area contributed by atoms with Crippen LogP contribution in [-0.2, 0) is 13.1 Å². The third-order valence-electron chi connectivity index (χ3n) is 2.58. The van der Waals surface area contributed by atoms with E-state index in [1.165, 1.54) is 19.2 Å². The summed E-state index contributed by atoms with van der Waals surface area (Å²) in [4.78, 5) is 14.4. The van der Waals surface area contributed by atoms with Crippen molar-refractivity contribution in [1.82, 2.24) is 15.5 Å². The molecule has 0 fully saturated rings. The van der Waals surface area contributed by atoms with E-state index in [4.69, 9.17) is 9.26 Å². The van der Waals surface area contributed by atoms with Crippen LogP contribution in [0.25, 0.3) is 0 Å². The highest BCUT2D eigenvalue weighted by Crippen LogP contribution is 2.22. The van der Waals surface area contributed by atoms with Crippen molar-refractivity contribution in [3.63, 3.8) is 0 Å². The highest BCUT2D eigenvalue weighted by molar-refractivity contribution is 5.42. The average Bonchev–Trinajstić information content (AvgIpc) is 2.84. The average molecular weight is 278 g/mol. The minimum Gasteiger partial charge on any atom is -0.496 e. The molecule has 0 saturated carbocycles. The van der Waals surface area contributed by atoms with Gasteiger partial charge in [-0.2, -0.15) is 4.98 Å². The number of benzene rings is 1. The zero-order valence-corrected chi connectivity index (χ0v) is 11.1. The maximum Gasteiger partial charge on any atom is 0.273 e. The Morgan fingerprint density at radius 3 is 2.80 bits per heavy atom. The zero-order valence-electron chi connectivity index (χ0n) is 11.1. The van der Waals surface area contributed by atoms with Crippen LogP contribution in [0, 0.1) is 17.0 Å². The number of non-ortho nitro benzene ring substituents is 1. The fourth-order valence-electron chi connectivity index (χ4n) is 1.70. The molecule has 0 unspecified atom stereocenters. The summed E-state index contributed by atoms with van der Waals surface area (Å²) in [6, 6.07) is 4.62. The molecule has 20 heavy (non-hydrogen) atoms. The van der Waals surface area contributed by atoms with Crippen LogP contribution in [0.5, 0.6) is 5.75 Å². The number of nitro benzene ring substituents is 1. The van der Waals surface area contributed by atoms with Crippen molar-refractivity contribution in [2.24, 2.45) is 0 Å². The largest absolute Gasteiger partial charge is 0.496 e. The van der Waals surface area contributed by atoms with Crippen molar-refractivity contribution in [2.45, 2.75) is 20.0 Å². The molecule has 0 aliphatic rings. The Bertz CT molecular complexity index is 611. The molecule has 0 aliphatic carbocycles. The second-order valence-electron chi connectivity index (χ2n) is 4.13. The lowest BCUT2D eigenvalue weighted by atomic mass is 10.2. The first-order valence-electron chi connectivity index (χ1n) is 5.90. The standard InChI is InChI=1S/C12H14N4O4/c1-8-14-12(15-20-8)7-13-6-9-3-10(16(17)18)5-11(4-9)19-2/h3-5,13H,6-7H2,1-2H3. The van der Waals surface area contributed by atoms with Gasteiger partial charge in [0, 0.05) is 19.5 Å². The quantitative estimate of drug-likeness (QED) is 0.632. The van der Waals surface area contributed by atoms with E-state index in [1.54, 1.807) is 13.0 Å². The minimum absolute atomic E-state index is 0.00319. The molecular weight excluding hydrogens is 264 g/mol. The van der Waals surface area contributed by atoms with Crippen molar-refractivity contribution in [3.8, 4) is 5.75 Å². The van der Waals surface area contributed by atoms with E-state index in [0.717, 1.165) is 5.56 Å². The van der Waals surface area contributed by atoms with Gasteiger partial charge in [0.2, 0.25) is 5.89 Å². The van der Waals surface area contributed by atoms with Gasteiger partial charge < -0.3 is 14.6 Å². The SMILES string of the molecule is COc1cc(CNCc2noc(C)n2)cc([N+](=O)[O-])c1. The molecule has 1 aromatic heterocycles. The minimum atomic E-state index is -0.450. The first kappa shape index (κ1) is 13.9. The maximum absolute atomic E-state index is 10.8. The van der Waals surface area contributed by atoms with Crippen LogP contribution < -0.4 is 10.1 Å². The number of nitrogens with one attached hydrogen (secondary N) is 1. The summed E-state index contributed by atoms with van der Waals surface area (Å²) in [5.74, 6) is 1.49. The molecule has 2 rings (SSSR count). The third-order valence-corrected chi connectivity index (χ3v) is 2.58. The Balaban J connectivity index is 2.01. The predicted molar refractivity (Wildman–Crippen MR) is 69.2 cm³/mol. The Morgan fingerprint density at radius 2 is 2.20 bits per heavy atom. The zero-order chi connectivity index (χ0) is 14.5. The molecule has 106 valence electrons. The molecule has 0 spiro atoms. The van der Waals surface area contributed by atoms with E-state index < -0.39 is 4.92 Å². The highest BCUT2D eigenvalue weighted by atomic mass is 16.6. The van der Waals surface area contributed by atoms with Crippen molar-refractivity contribution in [2.75, 3.05) is 7.11 Å². The van der Waals surface area contributed by atoms with E-state index in [2.05, 4.69) is 15.5 Å². The molecule has 8 nitrogen and oxygen atoms in total. The van der Waals surface area contributed by atoms with Crippen LogP contribution in [0.3, 0.4) is 0 Å².